The molecule has 0 aliphatic carbocycles. The van der Waals surface area contributed by atoms with Gasteiger partial charge in [-0.1, -0.05) is 36.4 Å². The number of para-hydroxylation sites is 1. The summed E-state index contributed by atoms with van der Waals surface area (Å²) in [5.74, 6) is -0.247. The smallest absolute Gasteiger partial charge is 0.310 e. The van der Waals surface area contributed by atoms with E-state index in [2.05, 4.69) is 17.2 Å². The van der Waals surface area contributed by atoms with E-state index in [9.17, 15) is 4.79 Å². The number of carbonyl (C=O) groups is 1. The molecule has 124 valence electrons. The zero-order valence-electron chi connectivity index (χ0n) is 13.5. The molecule has 5 heteroatoms. The molecule has 4 rings (SSSR count). The molecule has 0 fully saturated rings. The molecule has 4 nitrogen and oxygen atoms in total. The summed E-state index contributed by atoms with van der Waals surface area (Å²) in [6.45, 7) is 0.301. The van der Waals surface area contributed by atoms with Gasteiger partial charge in [0.05, 0.1) is 18.3 Å². The van der Waals surface area contributed by atoms with Gasteiger partial charge in [0.25, 0.3) is 0 Å². The fraction of sp³-hybridized carbons (Fsp3) is 0.100. The number of esters is 1. The number of hydrogen-bond acceptors (Lipinski definition) is 4. The Bertz CT molecular complexity index is 1000. The second-order valence-corrected chi connectivity index (χ2v) is 6.63. The molecule has 25 heavy (non-hydrogen) atoms. The van der Waals surface area contributed by atoms with E-state index in [0.717, 1.165) is 22.2 Å². The molecule has 0 saturated heterocycles. The summed E-state index contributed by atoms with van der Waals surface area (Å²) in [5, 5.41) is 7.50. The van der Waals surface area contributed by atoms with Crippen molar-refractivity contribution >= 4 is 27.4 Å². The van der Waals surface area contributed by atoms with E-state index in [1.54, 1.807) is 22.2 Å². The van der Waals surface area contributed by atoms with Gasteiger partial charge in [-0.3, -0.25) is 4.79 Å². The van der Waals surface area contributed by atoms with Crippen molar-refractivity contribution in [3.8, 4) is 5.69 Å². The van der Waals surface area contributed by atoms with Crippen molar-refractivity contribution in [2.24, 2.45) is 0 Å². The van der Waals surface area contributed by atoms with Gasteiger partial charge in [-0.05, 0) is 29.0 Å². The standard InChI is InChI=1S/C20H16N2O2S/c23-20(24-13-16-14-25-19-9-5-4-8-18(16)19)10-15-11-21-22(12-15)17-6-2-1-3-7-17/h1-9,11-12,14H,10,13H2. The highest BCUT2D eigenvalue weighted by molar-refractivity contribution is 7.17. The van der Waals surface area contributed by atoms with Crippen LogP contribution in [0.5, 0.6) is 0 Å². The summed E-state index contributed by atoms with van der Waals surface area (Å²) >= 11 is 1.67. The molecular weight excluding hydrogens is 332 g/mol. The van der Waals surface area contributed by atoms with E-state index in [1.807, 2.05) is 54.0 Å². The molecule has 0 spiro atoms. The maximum absolute atomic E-state index is 12.1. The number of thiophene rings is 1. The lowest BCUT2D eigenvalue weighted by Crippen LogP contribution is -2.07. The molecule has 0 radical (unpaired) electrons. The lowest BCUT2D eigenvalue weighted by molar-refractivity contribution is -0.144. The molecule has 0 N–H and O–H groups in total. The van der Waals surface area contributed by atoms with Crippen molar-refractivity contribution in [1.82, 2.24) is 9.78 Å². The Morgan fingerprint density at radius 3 is 2.76 bits per heavy atom. The average molecular weight is 348 g/mol. The Morgan fingerprint density at radius 2 is 1.88 bits per heavy atom. The lowest BCUT2D eigenvalue weighted by Gasteiger charge is -2.03. The van der Waals surface area contributed by atoms with Crippen molar-refractivity contribution in [3.05, 3.63) is 83.5 Å². The monoisotopic (exact) mass is 348 g/mol. The summed E-state index contributed by atoms with van der Waals surface area (Å²) in [4.78, 5) is 12.1. The number of carbonyl (C=O) groups excluding carboxylic acids is 1. The van der Waals surface area contributed by atoms with Gasteiger partial charge in [0.2, 0.25) is 0 Å². The first-order chi connectivity index (χ1) is 12.3. The maximum atomic E-state index is 12.1. The van der Waals surface area contributed by atoms with E-state index in [4.69, 9.17) is 4.74 Å². The molecule has 2 aromatic heterocycles. The normalized spacial score (nSPS) is 10.9. The fourth-order valence-electron chi connectivity index (χ4n) is 2.69. The maximum Gasteiger partial charge on any atom is 0.310 e. The first kappa shape index (κ1) is 15.6. The number of nitrogens with zero attached hydrogens (tertiary/aromatic N) is 2. The van der Waals surface area contributed by atoms with Crippen LogP contribution in [0.15, 0.2) is 72.4 Å². The number of rotatable bonds is 5. The number of ether oxygens (including phenoxy) is 1. The van der Waals surface area contributed by atoms with Gasteiger partial charge in [-0.15, -0.1) is 11.3 Å². The molecule has 0 saturated carbocycles. The average Bonchev–Trinajstić information content (AvgIpc) is 3.28. The lowest BCUT2D eigenvalue weighted by atomic mass is 10.2. The van der Waals surface area contributed by atoms with Crippen LogP contribution < -0.4 is 0 Å². The van der Waals surface area contributed by atoms with Gasteiger partial charge in [0.15, 0.2) is 0 Å². The van der Waals surface area contributed by atoms with Crippen molar-refractivity contribution in [3.63, 3.8) is 0 Å². The van der Waals surface area contributed by atoms with Crippen molar-refractivity contribution in [2.45, 2.75) is 13.0 Å². The second-order valence-electron chi connectivity index (χ2n) is 5.72. The van der Waals surface area contributed by atoms with Crippen LogP contribution in [-0.2, 0) is 22.6 Å². The SMILES string of the molecule is O=C(Cc1cnn(-c2ccccc2)c1)OCc1csc2ccccc12. The molecule has 4 aromatic rings. The predicted octanol–water partition coefficient (Wildman–Crippen LogP) is 4.37. The van der Waals surface area contributed by atoms with Crippen LogP contribution >= 0.6 is 11.3 Å². The zero-order chi connectivity index (χ0) is 17.1. The summed E-state index contributed by atoms with van der Waals surface area (Å²) in [5.41, 5.74) is 2.85. The van der Waals surface area contributed by atoms with Crippen LogP contribution in [0.3, 0.4) is 0 Å². The molecule has 0 aliphatic heterocycles. The van der Waals surface area contributed by atoms with Crippen molar-refractivity contribution in [1.29, 1.82) is 0 Å². The highest BCUT2D eigenvalue weighted by Crippen LogP contribution is 2.26. The van der Waals surface area contributed by atoms with E-state index >= 15 is 0 Å². The van der Waals surface area contributed by atoms with Gasteiger partial charge >= 0.3 is 5.97 Å². The van der Waals surface area contributed by atoms with Crippen LogP contribution in [0.1, 0.15) is 11.1 Å². The summed E-state index contributed by atoms with van der Waals surface area (Å²) < 4.78 is 8.41. The Balaban J connectivity index is 1.39. The largest absolute Gasteiger partial charge is 0.461 e. The van der Waals surface area contributed by atoms with Crippen molar-refractivity contribution in [2.75, 3.05) is 0 Å². The quantitative estimate of drug-likeness (QED) is 0.503. The summed E-state index contributed by atoms with van der Waals surface area (Å²) in [7, 11) is 0. The van der Waals surface area contributed by atoms with Crippen LogP contribution in [0.2, 0.25) is 0 Å². The van der Waals surface area contributed by atoms with Crippen LogP contribution in [0.4, 0.5) is 0 Å². The first-order valence-corrected chi connectivity index (χ1v) is 8.87. The Kier molecular flexibility index (Phi) is 4.31. The topological polar surface area (TPSA) is 44.1 Å². The van der Waals surface area contributed by atoms with E-state index < -0.39 is 0 Å². The minimum absolute atomic E-state index is 0.217. The predicted molar refractivity (Wildman–Crippen MR) is 98.9 cm³/mol. The van der Waals surface area contributed by atoms with Gasteiger partial charge in [0.1, 0.15) is 6.61 Å². The van der Waals surface area contributed by atoms with Gasteiger partial charge < -0.3 is 4.74 Å². The molecule has 0 amide bonds. The minimum Gasteiger partial charge on any atom is -0.461 e. The van der Waals surface area contributed by atoms with E-state index in [1.165, 1.54) is 4.70 Å². The molecule has 2 heterocycles. The molecule has 0 bridgehead atoms. The second kappa shape index (κ2) is 6.91. The zero-order valence-corrected chi connectivity index (χ0v) is 14.3. The van der Waals surface area contributed by atoms with Gasteiger partial charge in [-0.25, -0.2) is 4.68 Å². The molecule has 0 unspecified atom stereocenters. The number of fused-ring (bicyclic) bond motifs is 1. The molecule has 2 aromatic carbocycles. The summed E-state index contributed by atoms with van der Waals surface area (Å²) in [6, 6.07) is 17.9. The van der Waals surface area contributed by atoms with Crippen molar-refractivity contribution < 1.29 is 9.53 Å². The van der Waals surface area contributed by atoms with Crippen LogP contribution in [0.25, 0.3) is 15.8 Å². The first-order valence-electron chi connectivity index (χ1n) is 7.99. The summed E-state index contributed by atoms with van der Waals surface area (Å²) in [6.07, 6.45) is 3.78. The third-order valence-corrected chi connectivity index (χ3v) is 4.97. The fourth-order valence-corrected chi connectivity index (χ4v) is 3.64. The number of aromatic nitrogens is 2. The van der Waals surface area contributed by atoms with E-state index in [0.29, 0.717) is 6.61 Å². The highest BCUT2D eigenvalue weighted by atomic mass is 32.1. The van der Waals surface area contributed by atoms with Crippen LogP contribution in [0, 0.1) is 0 Å². The van der Waals surface area contributed by atoms with E-state index in [-0.39, 0.29) is 12.4 Å². The molecule has 0 aliphatic rings. The van der Waals surface area contributed by atoms with Gasteiger partial charge in [0, 0.05) is 22.0 Å². The third kappa shape index (κ3) is 3.46. The number of benzene rings is 2. The van der Waals surface area contributed by atoms with Gasteiger partial charge in [-0.2, -0.15) is 5.10 Å². The molecular formula is C20H16N2O2S. The third-order valence-electron chi connectivity index (χ3n) is 3.96. The highest BCUT2D eigenvalue weighted by Gasteiger charge is 2.10. The minimum atomic E-state index is -0.247. The van der Waals surface area contributed by atoms with Crippen LogP contribution in [-0.4, -0.2) is 15.7 Å². The Labute approximate surface area is 149 Å². The molecule has 0 atom stereocenters. The number of hydrogen-bond donors (Lipinski definition) is 0. The Hall–Kier alpha value is -2.92. The Morgan fingerprint density at radius 1 is 1.08 bits per heavy atom.